The molecule has 0 aliphatic carbocycles. The van der Waals surface area contributed by atoms with Crippen molar-refractivity contribution in [2.45, 2.75) is 43.3 Å². The quantitative estimate of drug-likeness (QED) is 0.770. The molecule has 152 valence electrons. The molecule has 0 bridgehead atoms. The predicted octanol–water partition coefficient (Wildman–Crippen LogP) is 3.48. The van der Waals surface area contributed by atoms with E-state index >= 15 is 0 Å². The van der Waals surface area contributed by atoms with Gasteiger partial charge in [0.1, 0.15) is 4.90 Å². The lowest BCUT2D eigenvalue weighted by atomic mass is 10.1. The van der Waals surface area contributed by atoms with Crippen molar-refractivity contribution in [3.63, 3.8) is 0 Å². The molecular formula is C19H21F3N2O3S. The fourth-order valence-corrected chi connectivity index (χ4v) is 4.91. The zero-order valence-electron chi connectivity index (χ0n) is 15.2. The van der Waals surface area contributed by atoms with Gasteiger partial charge >= 0.3 is 6.18 Å². The molecule has 1 aromatic heterocycles. The van der Waals surface area contributed by atoms with E-state index in [0.717, 1.165) is 42.4 Å². The molecule has 3 rings (SSSR count). The van der Waals surface area contributed by atoms with Crippen LogP contribution in [-0.4, -0.2) is 30.4 Å². The van der Waals surface area contributed by atoms with Crippen molar-refractivity contribution in [2.24, 2.45) is 0 Å². The molecular weight excluding hydrogens is 393 g/mol. The van der Waals surface area contributed by atoms with E-state index in [0.29, 0.717) is 13.1 Å². The van der Waals surface area contributed by atoms with Gasteiger partial charge in [-0.1, -0.05) is 25.0 Å². The van der Waals surface area contributed by atoms with Gasteiger partial charge in [-0.25, -0.2) is 8.42 Å². The highest BCUT2D eigenvalue weighted by Gasteiger charge is 2.31. The van der Waals surface area contributed by atoms with Gasteiger partial charge < -0.3 is 4.57 Å². The minimum atomic E-state index is -4.49. The molecule has 1 fully saturated rings. The van der Waals surface area contributed by atoms with Crippen LogP contribution in [-0.2, 0) is 22.7 Å². The van der Waals surface area contributed by atoms with Gasteiger partial charge in [0.15, 0.2) is 0 Å². The fraction of sp³-hybridized carbons (Fsp3) is 0.421. The fourth-order valence-electron chi connectivity index (χ4n) is 3.30. The summed E-state index contributed by atoms with van der Waals surface area (Å²) in [6.07, 6.45) is 0.263. The van der Waals surface area contributed by atoms with Crippen LogP contribution in [0.25, 0.3) is 0 Å². The van der Waals surface area contributed by atoms with Gasteiger partial charge in [-0.15, -0.1) is 0 Å². The van der Waals surface area contributed by atoms with E-state index in [1.165, 1.54) is 34.8 Å². The Bertz CT molecular complexity index is 992. The second-order valence-electron chi connectivity index (χ2n) is 6.82. The number of rotatable bonds is 4. The molecule has 0 N–H and O–H groups in total. The summed E-state index contributed by atoms with van der Waals surface area (Å²) in [6, 6.07) is 7.33. The van der Waals surface area contributed by atoms with Gasteiger partial charge in [-0.2, -0.15) is 17.5 Å². The molecule has 5 nitrogen and oxygen atoms in total. The monoisotopic (exact) mass is 414 g/mol. The summed E-state index contributed by atoms with van der Waals surface area (Å²) in [6.45, 7) is 0.584. The maximum atomic E-state index is 12.9. The summed E-state index contributed by atoms with van der Waals surface area (Å²) < 4.78 is 67.0. The van der Waals surface area contributed by atoms with Gasteiger partial charge in [0.05, 0.1) is 12.1 Å². The molecule has 28 heavy (non-hydrogen) atoms. The summed E-state index contributed by atoms with van der Waals surface area (Å²) in [5.74, 6) is 0. The molecule has 0 unspecified atom stereocenters. The third kappa shape index (κ3) is 4.47. The van der Waals surface area contributed by atoms with Crippen LogP contribution in [0.15, 0.2) is 52.3 Å². The van der Waals surface area contributed by atoms with E-state index in [9.17, 15) is 26.4 Å². The first kappa shape index (κ1) is 20.6. The standard InChI is InChI=1S/C19H21F3N2O3S/c20-19(21,22)16-8-5-7-15(13-16)14-23-10-6-9-17(18(23)25)28(26,27)24-11-3-1-2-4-12-24/h5-10,13H,1-4,11-12,14H2. The van der Waals surface area contributed by atoms with E-state index in [1.807, 2.05) is 0 Å². The first-order valence-electron chi connectivity index (χ1n) is 9.05. The van der Waals surface area contributed by atoms with Crippen LogP contribution < -0.4 is 5.56 Å². The number of halogens is 3. The van der Waals surface area contributed by atoms with Crippen LogP contribution in [0.3, 0.4) is 0 Å². The Morgan fingerprint density at radius 1 is 0.964 bits per heavy atom. The van der Waals surface area contributed by atoms with E-state index in [-0.39, 0.29) is 17.0 Å². The largest absolute Gasteiger partial charge is 0.416 e. The average Bonchev–Trinajstić information content (AvgIpc) is 2.93. The Labute approximate surface area is 161 Å². The maximum Gasteiger partial charge on any atom is 0.416 e. The van der Waals surface area contributed by atoms with Gasteiger partial charge in [-0.05, 0) is 42.7 Å². The number of aromatic nitrogens is 1. The lowest BCUT2D eigenvalue weighted by Gasteiger charge is -2.20. The minimum absolute atomic E-state index is 0.147. The van der Waals surface area contributed by atoms with Crippen molar-refractivity contribution in [3.05, 3.63) is 64.1 Å². The number of hydrogen-bond acceptors (Lipinski definition) is 3. The van der Waals surface area contributed by atoms with E-state index < -0.39 is 27.3 Å². The number of sulfonamides is 1. The van der Waals surface area contributed by atoms with Crippen LogP contribution in [0.5, 0.6) is 0 Å². The highest BCUT2D eigenvalue weighted by Crippen LogP contribution is 2.29. The molecule has 9 heteroatoms. The van der Waals surface area contributed by atoms with E-state index in [4.69, 9.17) is 0 Å². The molecule has 0 radical (unpaired) electrons. The number of hydrogen-bond donors (Lipinski definition) is 0. The first-order valence-corrected chi connectivity index (χ1v) is 10.5. The Morgan fingerprint density at radius 2 is 1.64 bits per heavy atom. The molecule has 0 saturated carbocycles. The van der Waals surface area contributed by atoms with Crippen LogP contribution in [0.2, 0.25) is 0 Å². The van der Waals surface area contributed by atoms with Crippen LogP contribution in [0, 0.1) is 0 Å². The Morgan fingerprint density at radius 3 is 2.29 bits per heavy atom. The van der Waals surface area contributed by atoms with Crippen molar-refractivity contribution in [2.75, 3.05) is 13.1 Å². The Hall–Kier alpha value is -2.13. The summed E-state index contributed by atoms with van der Waals surface area (Å²) in [7, 11) is -3.94. The molecule has 1 aromatic carbocycles. The third-order valence-electron chi connectivity index (χ3n) is 4.78. The van der Waals surface area contributed by atoms with E-state index in [1.54, 1.807) is 0 Å². The topological polar surface area (TPSA) is 59.4 Å². The minimum Gasteiger partial charge on any atom is -0.310 e. The molecule has 2 heterocycles. The zero-order chi connectivity index (χ0) is 20.4. The van der Waals surface area contributed by atoms with Gasteiger partial charge in [-0.3, -0.25) is 4.79 Å². The predicted molar refractivity (Wildman–Crippen MR) is 98.5 cm³/mol. The SMILES string of the molecule is O=c1c(S(=O)(=O)N2CCCCCC2)cccn1Cc1cccc(C(F)(F)F)c1. The molecule has 0 amide bonds. The van der Waals surface area contributed by atoms with Crippen LogP contribution in [0.1, 0.15) is 36.8 Å². The highest BCUT2D eigenvalue weighted by molar-refractivity contribution is 7.89. The van der Waals surface area contributed by atoms with Crippen LogP contribution >= 0.6 is 0 Å². The maximum absolute atomic E-state index is 12.9. The summed E-state index contributed by atoms with van der Waals surface area (Å²) in [5, 5.41) is 0. The van der Waals surface area contributed by atoms with Crippen molar-refractivity contribution >= 4 is 10.0 Å². The molecule has 0 spiro atoms. The van der Waals surface area contributed by atoms with Gasteiger partial charge in [0.25, 0.3) is 5.56 Å². The highest BCUT2D eigenvalue weighted by atomic mass is 32.2. The summed E-state index contributed by atoms with van der Waals surface area (Å²) in [4.78, 5) is 12.4. The number of benzene rings is 1. The second-order valence-corrected chi connectivity index (χ2v) is 8.73. The van der Waals surface area contributed by atoms with Gasteiger partial charge in [0.2, 0.25) is 10.0 Å². The third-order valence-corrected chi connectivity index (χ3v) is 6.69. The Kier molecular flexibility index (Phi) is 5.95. The van der Waals surface area contributed by atoms with E-state index in [2.05, 4.69) is 0 Å². The summed E-state index contributed by atoms with van der Waals surface area (Å²) in [5.41, 5.74) is -1.28. The first-order chi connectivity index (χ1) is 13.2. The number of nitrogens with zero attached hydrogens (tertiary/aromatic N) is 2. The molecule has 2 aromatic rings. The summed E-state index contributed by atoms with van der Waals surface area (Å²) >= 11 is 0. The Balaban J connectivity index is 1.93. The second kappa shape index (κ2) is 8.08. The number of pyridine rings is 1. The molecule has 1 saturated heterocycles. The molecule has 1 aliphatic heterocycles. The number of alkyl halides is 3. The molecule has 1 aliphatic rings. The lowest BCUT2D eigenvalue weighted by Crippen LogP contribution is -2.37. The van der Waals surface area contributed by atoms with Crippen molar-refractivity contribution in [1.82, 2.24) is 8.87 Å². The van der Waals surface area contributed by atoms with Crippen molar-refractivity contribution in [3.8, 4) is 0 Å². The molecule has 0 atom stereocenters. The van der Waals surface area contributed by atoms with Crippen LogP contribution in [0.4, 0.5) is 13.2 Å². The van der Waals surface area contributed by atoms with Crippen molar-refractivity contribution in [1.29, 1.82) is 0 Å². The smallest absolute Gasteiger partial charge is 0.310 e. The average molecular weight is 414 g/mol. The normalized spacial score (nSPS) is 16.7. The van der Waals surface area contributed by atoms with Gasteiger partial charge in [0, 0.05) is 19.3 Å². The van der Waals surface area contributed by atoms with Crippen molar-refractivity contribution < 1.29 is 21.6 Å². The zero-order valence-corrected chi connectivity index (χ0v) is 16.0. The lowest BCUT2D eigenvalue weighted by molar-refractivity contribution is -0.137.